The highest BCUT2D eigenvalue weighted by Crippen LogP contribution is 2.10. The average Bonchev–Trinajstić information content (AvgIpc) is 2.72. The molecule has 0 fully saturated rings. The third-order valence-electron chi connectivity index (χ3n) is 2.81. The van der Waals surface area contributed by atoms with Gasteiger partial charge in [-0.15, -0.1) is 0 Å². The molecule has 0 aromatic heterocycles. The van der Waals surface area contributed by atoms with Gasteiger partial charge in [0.25, 0.3) is 0 Å². The number of nitrogens with zero attached hydrogens (tertiary/aromatic N) is 1. The Balaban J connectivity index is 2.10. The molecule has 0 spiro atoms. The number of allylic oxidation sites excluding steroid dienone is 2. The lowest BCUT2D eigenvalue weighted by Crippen LogP contribution is -2.36. The summed E-state index contributed by atoms with van der Waals surface area (Å²) in [6.45, 7) is 3.15. The van der Waals surface area contributed by atoms with E-state index < -0.39 is 0 Å². The predicted molar refractivity (Wildman–Crippen MR) is 67.8 cm³/mol. The topological polar surface area (TPSA) is 35.5 Å². The first-order valence-electron chi connectivity index (χ1n) is 6.32. The zero-order valence-corrected chi connectivity index (χ0v) is 10.2. The molecule has 92 valence electrons. The number of hydrogen-bond donors (Lipinski definition) is 2. The van der Waals surface area contributed by atoms with Gasteiger partial charge in [0.1, 0.15) is 0 Å². The Morgan fingerprint density at radius 2 is 2.19 bits per heavy atom. The lowest BCUT2D eigenvalue weighted by molar-refractivity contribution is 0.196. The Labute approximate surface area is 98.8 Å². The van der Waals surface area contributed by atoms with Crippen molar-refractivity contribution in [3.63, 3.8) is 0 Å². The first-order chi connectivity index (χ1) is 7.88. The Bertz CT molecular complexity index is 226. The molecule has 0 saturated carbocycles. The summed E-state index contributed by atoms with van der Waals surface area (Å²) in [6.07, 6.45) is 14.8. The van der Waals surface area contributed by atoms with Crippen LogP contribution in [0.3, 0.4) is 0 Å². The van der Waals surface area contributed by atoms with Crippen LogP contribution >= 0.6 is 0 Å². The summed E-state index contributed by atoms with van der Waals surface area (Å²) in [5, 5.41) is 12.2. The zero-order valence-electron chi connectivity index (χ0n) is 10.2. The van der Waals surface area contributed by atoms with Crippen molar-refractivity contribution in [2.75, 3.05) is 13.2 Å². The molecule has 1 unspecified atom stereocenters. The molecule has 0 saturated heterocycles. The molecule has 16 heavy (non-hydrogen) atoms. The van der Waals surface area contributed by atoms with Crippen molar-refractivity contribution in [1.29, 1.82) is 0 Å². The third-order valence-corrected chi connectivity index (χ3v) is 2.81. The van der Waals surface area contributed by atoms with Crippen LogP contribution in [0.1, 0.15) is 39.0 Å². The number of aliphatic hydroxyl groups is 1. The average molecular weight is 224 g/mol. The van der Waals surface area contributed by atoms with Gasteiger partial charge in [0.15, 0.2) is 0 Å². The third kappa shape index (κ3) is 4.71. The van der Waals surface area contributed by atoms with Gasteiger partial charge in [-0.1, -0.05) is 31.9 Å². The van der Waals surface area contributed by atoms with Crippen molar-refractivity contribution < 1.29 is 5.11 Å². The second-order valence-corrected chi connectivity index (χ2v) is 4.15. The van der Waals surface area contributed by atoms with Gasteiger partial charge in [-0.25, -0.2) is 0 Å². The molecular weight excluding hydrogens is 200 g/mol. The number of β-amino-alcohol motifs (C(OH)–C–C–N with tert-alkyl or cyclic N) is 1. The number of hydrogen-bond acceptors (Lipinski definition) is 3. The molecule has 1 rings (SSSR count). The Kier molecular flexibility index (Phi) is 6.74. The number of aliphatic hydroxyl groups excluding tert-OH is 1. The van der Waals surface area contributed by atoms with Crippen LogP contribution in [0.4, 0.5) is 0 Å². The lowest BCUT2D eigenvalue weighted by atomic mass is 10.2. The first kappa shape index (κ1) is 13.1. The molecule has 2 N–H and O–H groups in total. The van der Waals surface area contributed by atoms with Crippen LogP contribution in [0.15, 0.2) is 24.6 Å². The van der Waals surface area contributed by atoms with Crippen LogP contribution in [0, 0.1) is 0 Å². The normalized spacial score (nSPS) is 19.6. The van der Waals surface area contributed by atoms with Gasteiger partial charge >= 0.3 is 0 Å². The quantitative estimate of drug-likeness (QED) is 0.490. The smallest absolute Gasteiger partial charge is 0.0985 e. The SMILES string of the molecule is CCCC/C=C/CCC1NC=CN1CCO. The van der Waals surface area contributed by atoms with Crippen LogP contribution < -0.4 is 5.32 Å². The fourth-order valence-corrected chi connectivity index (χ4v) is 1.86. The molecular formula is C13H24N2O. The number of rotatable bonds is 8. The maximum absolute atomic E-state index is 8.90. The van der Waals surface area contributed by atoms with E-state index in [9.17, 15) is 0 Å². The van der Waals surface area contributed by atoms with E-state index in [0.717, 1.165) is 12.8 Å². The molecule has 0 amide bonds. The molecule has 3 nitrogen and oxygen atoms in total. The summed E-state index contributed by atoms with van der Waals surface area (Å²) in [6, 6.07) is 0. The van der Waals surface area contributed by atoms with E-state index in [1.54, 1.807) is 0 Å². The van der Waals surface area contributed by atoms with E-state index in [-0.39, 0.29) is 6.61 Å². The van der Waals surface area contributed by atoms with E-state index in [0.29, 0.717) is 12.7 Å². The summed E-state index contributed by atoms with van der Waals surface area (Å²) < 4.78 is 0. The fraction of sp³-hybridized carbons (Fsp3) is 0.692. The van der Waals surface area contributed by atoms with Gasteiger partial charge in [-0.2, -0.15) is 0 Å². The van der Waals surface area contributed by atoms with Crippen molar-refractivity contribution >= 4 is 0 Å². The monoisotopic (exact) mass is 224 g/mol. The Morgan fingerprint density at radius 3 is 2.94 bits per heavy atom. The Morgan fingerprint density at radius 1 is 1.38 bits per heavy atom. The first-order valence-corrected chi connectivity index (χ1v) is 6.32. The minimum absolute atomic E-state index is 0.217. The van der Waals surface area contributed by atoms with Gasteiger partial charge in [0, 0.05) is 18.9 Å². The number of nitrogens with one attached hydrogen (secondary N) is 1. The summed E-state index contributed by atoms with van der Waals surface area (Å²) in [7, 11) is 0. The molecule has 1 aliphatic rings. The van der Waals surface area contributed by atoms with E-state index in [1.807, 2.05) is 12.4 Å². The van der Waals surface area contributed by atoms with E-state index in [1.165, 1.54) is 19.3 Å². The van der Waals surface area contributed by atoms with Crippen molar-refractivity contribution in [3.05, 3.63) is 24.6 Å². The minimum atomic E-state index is 0.217. The molecule has 0 bridgehead atoms. The summed E-state index contributed by atoms with van der Waals surface area (Å²) >= 11 is 0. The molecule has 0 aromatic carbocycles. The van der Waals surface area contributed by atoms with Gasteiger partial charge in [-0.05, 0) is 19.3 Å². The van der Waals surface area contributed by atoms with Crippen LogP contribution in [0.25, 0.3) is 0 Å². The molecule has 1 aliphatic heterocycles. The van der Waals surface area contributed by atoms with Crippen LogP contribution in [-0.2, 0) is 0 Å². The van der Waals surface area contributed by atoms with Crippen molar-refractivity contribution in [2.24, 2.45) is 0 Å². The van der Waals surface area contributed by atoms with Gasteiger partial charge in [0.05, 0.1) is 12.8 Å². The standard InChI is InChI=1S/C13H24N2O/c1-2-3-4-5-6-7-8-13-14-9-10-15(13)11-12-16/h5-6,9-10,13-14,16H,2-4,7-8,11-12H2,1H3/b6-5+. The molecule has 0 radical (unpaired) electrons. The maximum Gasteiger partial charge on any atom is 0.0985 e. The molecule has 1 atom stereocenters. The molecule has 3 heteroatoms. The highest BCUT2D eigenvalue weighted by Gasteiger charge is 2.16. The van der Waals surface area contributed by atoms with Crippen LogP contribution in [-0.4, -0.2) is 29.3 Å². The predicted octanol–water partition coefficient (Wildman–Crippen LogP) is 2.21. The lowest BCUT2D eigenvalue weighted by Gasteiger charge is -2.24. The van der Waals surface area contributed by atoms with E-state index >= 15 is 0 Å². The van der Waals surface area contributed by atoms with Crippen LogP contribution in [0.2, 0.25) is 0 Å². The molecule has 0 aromatic rings. The van der Waals surface area contributed by atoms with E-state index in [4.69, 9.17) is 5.11 Å². The minimum Gasteiger partial charge on any atom is -0.395 e. The number of unbranched alkanes of at least 4 members (excludes halogenated alkanes) is 2. The van der Waals surface area contributed by atoms with Gasteiger partial charge < -0.3 is 15.3 Å². The highest BCUT2D eigenvalue weighted by molar-refractivity contribution is 4.95. The van der Waals surface area contributed by atoms with Gasteiger partial charge in [-0.3, -0.25) is 0 Å². The second-order valence-electron chi connectivity index (χ2n) is 4.15. The van der Waals surface area contributed by atoms with Crippen molar-refractivity contribution in [1.82, 2.24) is 10.2 Å². The summed E-state index contributed by atoms with van der Waals surface area (Å²) in [4.78, 5) is 2.15. The van der Waals surface area contributed by atoms with Crippen molar-refractivity contribution in [3.8, 4) is 0 Å². The zero-order chi connectivity index (χ0) is 11.6. The maximum atomic E-state index is 8.90. The fourth-order valence-electron chi connectivity index (χ4n) is 1.86. The van der Waals surface area contributed by atoms with Gasteiger partial charge in [0.2, 0.25) is 0 Å². The molecule has 1 heterocycles. The highest BCUT2D eigenvalue weighted by atomic mass is 16.3. The van der Waals surface area contributed by atoms with E-state index in [2.05, 4.69) is 29.3 Å². The Hall–Kier alpha value is -0.960. The summed E-state index contributed by atoms with van der Waals surface area (Å²) in [5.41, 5.74) is 0. The molecule has 0 aliphatic carbocycles. The largest absolute Gasteiger partial charge is 0.395 e. The van der Waals surface area contributed by atoms with Crippen molar-refractivity contribution in [2.45, 2.75) is 45.2 Å². The van der Waals surface area contributed by atoms with Crippen LogP contribution in [0.5, 0.6) is 0 Å². The second kappa shape index (κ2) is 8.22. The summed E-state index contributed by atoms with van der Waals surface area (Å²) in [5.74, 6) is 0.